The first-order chi connectivity index (χ1) is 12.1. The van der Waals surface area contributed by atoms with E-state index >= 15 is 0 Å². The quantitative estimate of drug-likeness (QED) is 0.846. The molecule has 2 amide bonds. The highest BCUT2D eigenvalue weighted by Gasteiger charge is 2.17. The number of aryl methyl sites for hydroxylation is 2. The van der Waals surface area contributed by atoms with Crippen molar-refractivity contribution in [2.75, 3.05) is 18.5 Å². The lowest BCUT2D eigenvalue weighted by atomic mass is 10.2. The number of hydrogen-bond acceptors (Lipinski definition) is 3. The standard InChI is InChI=1S/C19H25N3O3/c1-14-7-8-17(18(11-14)25-13-16-6-4-10-24-16)21-19(23)20-12-15-5-3-9-22(15)2/h3,5,7-9,11,16H,4,6,10,12-13H2,1-2H3,(H2,20,21,23). The van der Waals surface area contributed by atoms with Gasteiger partial charge in [0.15, 0.2) is 0 Å². The molecule has 1 aromatic heterocycles. The highest BCUT2D eigenvalue weighted by atomic mass is 16.5. The molecule has 2 aromatic rings. The van der Waals surface area contributed by atoms with Crippen molar-refractivity contribution in [1.82, 2.24) is 9.88 Å². The Bertz CT molecular complexity index is 720. The summed E-state index contributed by atoms with van der Waals surface area (Å²) in [5, 5.41) is 5.73. The molecule has 25 heavy (non-hydrogen) atoms. The number of hydrogen-bond donors (Lipinski definition) is 2. The van der Waals surface area contributed by atoms with Crippen molar-refractivity contribution < 1.29 is 14.3 Å². The van der Waals surface area contributed by atoms with Gasteiger partial charge in [-0.1, -0.05) is 6.07 Å². The Morgan fingerprint density at radius 1 is 1.40 bits per heavy atom. The number of amides is 2. The second-order valence-electron chi connectivity index (χ2n) is 6.36. The summed E-state index contributed by atoms with van der Waals surface area (Å²) in [6, 6.07) is 9.41. The van der Waals surface area contributed by atoms with Gasteiger partial charge in [0.25, 0.3) is 0 Å². The van der Waals surface area contributed by atoms with Gasteiger partial charge in [0.2, 0.25) is 0 Å². The summed E-state index contributed by atoms with van der Waals surface area (Å²) < 4.78 is 13.5. The van der Waals surface area contributed by atoms with E-state index in [0.717, 1.165) is 30.7 Å². The summed E-state index contributed by atoms with van der Waals surface area (Å²) in [5.41, 5.74) is 2.78. The first-order valence-corrected chi connectivity index (χ1v) is 8.62. The second kappa shape index (κ2) is 8.07. The molecular formula is C19H25N3O3. The van der Waals surface area contributed by atoms with Crippen molar-refractivity contribution in [3.8, 4) is 5.75 Å². The van der Waals surface area contributed by atoms with Gasteiger partial charge in [-0.3, -0.25) is 0 Å². The number of rotatable bonds is 6. The fourth-order valence-electron chi connectivity index (χ4n) is 2.83. The highest BCUT2D eigenvalue weighted by Crippen LogP contribution is 2.26. The monoisotopic (exact) mass is 343 g/mol. The van der Waals surface area contributed by atoms with Crippen molar-refractivity contribution in [3.05, 3.63) is 47.8 Å². The molecule has 6 nitrogen and oxygen atoms in total. The normalized spacial score (nSPS) is 16.6. The minimum Gasteiger partial charge on any atom is -0.489 e. The van der Waals surface area contributed by atoms with Crippen LogP contribution in [-0.2, 0) is 18.3 Å². The van der Waals surface area contributed by atoms with Crippen LogP contribution in [0.5, 0.6) is 5.75 Å². The number of urea groups is 1. The van der Waals surface area contributed by atoms with E-state index in [9.17, 15) is 4.79 Å². The minimum atomic E-state index is -0.257. The maximum atomic E-state index is 12.2. The third-order valence-electron chi connectivity index (χ3n) is 4.32. The topological polar surface area (TPSA) is 64.5 Å². The summed E-state index contributed by atoms with van der Waals surface area (Å²) in [5.74, 6) is 0.671. The average Bonchev–Trinajstić information content (AvgIpc) is 3.25. The van der Waals surface area contributed by atoms with E-state index < -0.39 is 0 Å². The fraction of sp³-hybridized carbons (Fsp3) is 0.421. The zero-order chi connectivity index (χ0) is 17.6. The Morgan fingerprint density at radius 2 is 2.28 bits per heavy atom. The number of anilines is 1. The van der Waals surface area contributed by atoms with Gasteiger partial charge in [-0.15, -0.1) is 0 Å². The molecule has 0 aliphatic carbocycles. The van der Waals surface area contributed by atoms with E-state index in [2.05, 4.69) is 10.6 Å². The first-order valence-electron chi connectivity index (χ1n) is 8.62. The van der Waals surface area contributed by atoms with Crippen molar-refractivity contribution in [3.63, 3.8) is 0 Å². The van der Waals surface area contributed by atoms with Gasteiger partial charge in [-0.25, -0.2) is 4.79 Å². The zero-order valence-corrected chi connectivity index (χ0v) is 14.7. The fourth-order valence-corrected chi connectivity index (χ4v) is 2.83. The van der Waals surface area contributed by atoms with Gasteiger partial charge in [-0.05, 0) is 49.6 Å². The van der Waals surface area contributed by atoms with Crippen LogP contribution in [0.2, 0.25) is 0 Å². The maximum Gasteiger partial charge on any atom is 0.319 e. The summed E-state index contributed by atoms with van der Waals surface area (Å²) in [6.45, 7) is 3.77. The lowest BCUT2D eigenvalue weighted by Gasteiger charge is -2.16. The molecule has 1 atom stereocenters. The molecule has 6 heteroatoms. The van der Waals surface area contributed by atoms with Crippen LogP contribution in [0.25, 0.3) is 0 Å². The lowest BCUT2D eigenvalue weighted by molar-refractivity contribution is 0.0682. The summed E-state index contributed by atoms with van der Waals surface area (Å²) in [7, 11) is 1.95. The Kier molecular flexibility index (Phi) is 5.60. The molecule has 1 aromatic carbocycles. The zero-order valence-electron chi connectivity index (χ0n) is 14.7. The molecule has 134 valence electrons. The Morgan fingerprint density at radius 3 is 3.00 bits per heavy atom. The van der Waals surface area contributed by atoms with Gasteiger partial charge in [0.1, 0.15) is 12.4 Å². The Labute approximate surface area is 148 Å². The van der Waals surface area contributed by atoms with Gasteiger partial charge in [0, 0.05) is 25.5 Å². The number of nitrogens with zero attached hydrogens (tertiary/aromatic N) is 1. The molecule has 0 radical (unpaired) electrons. The largest absolute Gasteiger partial charge is 0.489 e. The molecule has 1 fully saturated rings. The van der Waals surface area contributed by atoms with Crippen LogP contribution >= 0.6 is 0 Å². The van der Waals surface area contributed by atoms with Crippen LogP contribution in [0, 0.1) is 6.92 Å². The van der Waals surface area contributed by atoms with E-state index in [-0.39, 0.29) is 12.1 Å². The maximum absolute atomic E-state index is 12.2. The SMILES string of the molecule is Cc1ccc(NC(=O)NCc2cccn2C)c(OCC2CCCO2)c1. The van der Waals surface area contributed by atoms with E-state index in [1.165, 1.54) is 0 Å². The molecular weight excluding hydrogens is 318 g/mol. The molecule has 1 aliphatic heterocycles. The Hall–Kier alpha value is -2.47. The predicted molar refractivity (Wildman–Crippen MR) is 96.9 cm³/mol. The number of aromatic nitrogens is 1. The summed E-state index contributed by atoms with van der Waals surface area (Å²) in [4.78, 5) is 12.2. The van der Waals surface area contributed by atoms with Crippen molar-refractivity contribution in [2.24, 2.45) is 7.05 Å². The molecule has 1 saturated heterocycles. The second-order valence-corrected chi connectivity index (χ2v) is 6.36. The lowest BCUT2D eigenvalue weighted by Crippen LogP contribution is -2.29. The van der Waals surface area contributed by atoms with Crippen molar-refractivity contribution in [2.45, 2.75) is 32.4 Å². The Balaban J connectivity index is 1.58. The molecule has 0 saturated carbocycles. The molecule has 3 rings (SSSR count). The third-order valence-corrected chi connectivity index (χ3v) is 4.32. The number of carbonyl (C=O) groups excluding carboxylic acids is 1. The molecule has 0 bridgehead atoms. The third kappa shape index (κ3) is 4.76. The van der Waals surface area contributed by atoms with E-state index in [1.807, 2.05) is 55.1 Å². The summed E-state index contributed by atoms with van der Waals surface area (Å²) in [6.07, 6.45) is 4.19. The van der Waals surface area contributed by atoms with Crippen LogP contribution in [-0.4, -0.2) is 29.9 Å². The van der Waals surface area contributed by atoms with Gasteiger partial charge in [0.05, 0.1) is 18.3 Å². The van der Waals surface area contributed by atoms with Crippen LogP contribution in [0.1, 0.15) is 24.1 Å². The molecule has 1 unspecified atom stereocenters. The number of carbonyl (C=O) groups is 1. The van der Waals surface area contributed by atoms with Gasteiger partial charge < -0.3 is 24.7 Å². The number of benzene rings is 1. The van der Waals surface area contributed by atoms with E-state index in [1.54, 1.807) is 0 Å². The smallest absolute Gasteiger partial charge is 0.319 e. The van der Waals surface area contributed by atoms with Crippen molar-refractivity contribution in [1.29, 1.82) is 0 Å². The van der Waals surface area contributed by atoms with Crippen LogP contribution in [0.4, 0.5) is 10.5 Å². The van der Waals surface area contributed by atoms with Crippen LogP contribution < -0.4 is 15.4 Å². The van der Waals surface area contributed by atoms with Crippen LogP contribution in [0.15, 0.2) is 36.5 Å². The predicted octanol–water partition coefficient (Wildman–Crippen LogP) is 3.21. The average molecular weight is 343 g/mol. The molecule has 2 heterocycles. The number of nitrogens with one attached hydrogen (secondary N) is 2. The molecule has 2 N–H and O–H groups in total. The number of ether oxygens (including phenoxy) is 2. The van der Waals surface area contributed by atoms with Gasteiger partial charge >= 0.3 is 6.03 Å². The minimum absolute atomic E-state index is 0.138. The van der Waals surface area contributed by atoms with Gasteiger partial charge in [-0.2, -0.15) is 0 Å². The van der Waals surface area contributed by atoms with Crippen LogP contribution in [0.3, 0.4) is 0 Å². The molecule has 1 aliphatic rings. The molecule has 0 spiro atoms. The van der Waals surface area contributed by atoms with E-state index in [4.69, 9.17) is 9.47 Å². The van der Waals surface area contributed by atoms with Crippen molar-refractivity contribution >= 4 is 11.7 Å². The first kappa shape index (κ1) is 17.4. The summed E-state index contributed by atoms with van der Waals surface area (Å²) >= 11 is 0. The van der Waals surface area contributed by atoms with E-state index in [0.29, 0.717) is 24.6 Å². The highest BCUT2D eigenvalue weighted by molar-refractivity contribution is 5.90.